The topological polar surface area (TPSA) is 45.2 Å². The molecule has 5 nitrogen and oxygen atoms in total. The lowest BCUT2D eigenvalue weighted by Crippen LogP contribution is -2.37. The van der Waals surface area contributed by atoms with E-state index < -0.39 is 0 Å². The van der Waals surface area contributed by atoms with Crippen molar-refractivity contribution in [2.24, 2.45) is 5.92 Å². The zero-order chi connectivity index (χ0) is 21.6. The van der Waals surface area contributed by atoms with Crippen molar-refractivity contribution in [3.05, 3.63) is 59.2 Å². The number of aliphatic hydroxyl groups is 1. The van der Waals surface area contributed by atoms with Gasteiger partial charge >= 0.3 is 0 Å². The SMILES string of the molecule is COc1ccc(C2CN(C)Cc3cc(OCCCN4CCCC(CO)C4)ccc32)cc1. The molecule has 0 amide bonds. The standard InChI is InChI=1S/C26H36N2O3/c1-27-17-22-15-24(31-14-4-13-28-12-3-5-20(16-28)19-29)10-11-25(22)26(18-27)21-6-8-23(30-2)9-7-21/h6-11,15,20,26,29H,3-5,12-14,16-19H2,1-2H3. The molecule has 1 saturated heterocycles. The molecule has 1 fully saturated rings. The van der Waals surface area contributed by atoms with E-state index in [4.69, 9.17) is 9.47 Å². The Morgan fingerprint density at radius 1 is 1.06 bits per heavy atom. The van der Waals surface area contributed by atoms with Crippen LogP contribution in [0.2, 0.25) is 0 Å². The first-order valence-electron chi connectivity index (χ1n) is 11.6. The number of likely N-dealkylation sites (N-methyl/N-ethyl adjacent to an activating group) is 1. The van der Waals surface area contributed by atoms with Crippen LogP contribution in [0.3, 0.4) is 0 Å². The highest BCUT2D eigenvalue weighted by Crippen LogP contribution is 2.35. The van der Waals surface area contributed by atoms with E-state index in [0.29, 0.717) is 18.4 Å². The van der Waals surface area contributed by atoms with Crippen LogP contribution in [-0.4, -0.2) is 68.5 Å². The smallest absolute Gasteiger partial charge is 0.119 e. The van der Waals surface area contributed by atoms with Crippen LogP contribution >= 0.6 is 0 Å². The van der Waals surface area contributed by atoms with Crippen LogP contribution in [0.15, 0.2) is 42.5 Å². The number of ether oxygens (including phenoxy) is 2. The minimum atomic E-state index is 0.314. The molecule has 2 aromatic rings. The maximum absolute atomic E-state index is 9.40. The summed E-state index contributed by atoms with van der Waals surface area (Å²) in [4.78, 5) is 4.85. The highest BCUT2D eigenvalue weighted by atomic mass is 16.5. The first-order valence-corrected chi connectivity index (χ1v) is 11.6. The van der Waals surface area contributed by atoms with E-state index in [9.17, 15) is 5.11 Å². The molecule has 2 aliphatic rings. The third kappa shape index (κ3) is 5.59. The quantitative estimate of drug-likeness (QED) is 0.654. The van der Waals surface area contributed by atoms with E-state index in [1.54, 1.807) is 7.11 Å². The Morgan fingerprint density at radius 3 is 2.65 bits per heavy atom. The number of likely N-dealkylation sites (tertiary alicyclic amines) is 1. The molecular weight excluding hydrogens is 388 g/mol. The Morgan fingerprint density at radius 2 is 1.87 bits per heavy atom. The van der Waals surface area contributed by atoms with E-state index in [1.807, 2.05) is 12.1 Å². The summed E-state index contributed by atoms with van der Waals surface area (Å²) in [5.41, 5.74) is 4.08. The largest absolute Gasteiger partial charge is 0.497 e. The molecule has 2 heterocycles. The van der Waals surface area contributed by atoms with Crippen molar-refractivity contribution in [1.82, 2.24) is 9.80 Å². The van der Waals surface area contributed by atoms with Gasteiger partial charge < -0.3 is 24.4 Å². The molecule has 2 aromatic carbocycles. The van der Waals surface area contributed by atoms with Gasteiger partial charge in [-0.25, -0.2) is 0 Å². The van der Waals surface area contributed by atoms with Crippen molar-refractivity contribution in [2.45, 2.75) is 31.7 Å². The second-order valence-corrected chi connectivity index (χ2v) is 9.08. The van der Waals surface area contributed by atoms with E-state index in [1.165, 1.54) is 23.1 Å². The molecule has 2 unspecified atom stereocenters. The molecule has 0 spiro atoms. The first-order chi connectivity index (χ1) is 15.2. The van der Waals surface area contributed by atoms with Crippen molar-refractivity contribution >= 4 is 0 Å². The number of hydrogen-bond acceptors (Lipinski definition) is 5. The first kappa shape index (κ1) is 22.1. The lowest BCUT2D eigenvalue weighted by molar-refractivity contribution is 0.115. The normalized spacial score (nSPS) is 22.2. The maximum atomic E-state index is 9.40. The van der Waals surface area contributed by atoms with E-state index in [2.05, 4.69) is 47.2 Å². The second kappa shape index (κ2) is 10.5. The number of fused-ring (bicyclic) bond motifs is 1. The number of piperidine rings is 1. The van der Waals surface area contributed by atoms with Gasteiger partial charge in [-0.1, -0.05) is 18.2 Å². The zero-order valence-corrected chi connectivity index (χ0v) is 18.9. The molecule has 1 N–H and O–H groups in total. The minimum Gasteiger partial charge on any atom is -0.497 e. The Bertz CT molecular complexity index is 839. The molecule has 168 valence electrons. The molecule has 2 aliphatic heterocycles. The average Bonchev–Trinajstić information content (AvgIpc) is 2.81. The zero-order valence-electron chi connectivity index (χ0n) is 18.9. The lowest BCUT2D eigenvalue weighted by Gasteiger charge is -2.33. The highest BCUT2D eigenvalue weighted by molar-refractivity contribution is 5.45. The number of aliphatic hydroxyl groups excluding tert-OH is 1. The highest BCUT2D eigenvalue weighted by Gasteiger charge is 2.25. The van der Waals surface area contributed by atoms with Gasteiger partial charge in [0.25, 0.3) is 0 Å². The van der Waals surface area contributed by atoms with Crippen molar-refractivity contribution in [3.8, 4) is 11.5 Å². The van der Waals surface area contributed by atoms with Crippen molar-refractivity contribution in [2.75, 3.05) is 53.6 Å². The summed E-state index contributed by atoms with van der Waals surface area (Å²) in [6.45, 7) is 6.23. The monoisotopic (exact) mass is 424 g/mol. The molecule has 0 saturated carbocycles. The van der Waals surface area contributed by atoms with E-state index in [0.717, 1.165) is 63.7 Å². The molecule has 31 heavy (non-hydrogen) atoms. The van der Waals surface area contributed by atoms with Gasteiger partial charge in [-0.2, -0.15) is 0 Å². The van der Waals surface area contributed by atoms with Crippen LogP contribution < -0.4 is 9.47 Å². The van der Waals surface area contributed by atoms with Crippen molar-refractivity contribution in [3.63, 3.8) is 0 Å². The van der Waals surface area contributed by atoms with E-state index >= 15 is 0 Å². The van der Waals surface area contributed by atoms with Gasteiger partial charge in [-0.05, 0) is 79.7 Å². The summed E-state index contributed by atoms with van der Waals surface area (Å²) in [6, 6.07) is 15.1. The number of benzene rings is 2. The summed E-state index contributed by atoms with van der Waals surface area (Å²) >= 11 is 0. The molecular formula is C26H36N2O3. The number of hydrogen-bond donors (Lipinski definition) is 1. The van der Waals surface area contributed by atoms with Crippen LogP contribution in [0.4, 0.5) is 0 Å². The van der Waals surface area contributed by atoms with E-state index in [-0.39, 0.29) is 0 Å². The molecule has 0 bridgehead atoms. The van der Waals surface area contributed by atoms with Gasteiger partial charge in [0.2, 0.25) is 0 Å². The molecule has 5 heteroatoms. The Kier molecular flexibility index (Phi) is 7.49. The Balaban J connectivity index is 1.35. The fraction of sp³-hybridized carbons (Fsp3) is 0.538. The maximum Gasteiger partial charge on any atom is 0.119 e. The average molecular weight is 425 g/mol. The molecule has 0 aliphatic carbocycles. The van der Waals surface area contributed by atoms with Gasteiger partial charge in [0, 0.05) is 38.7 Å². The summed E-state index contributed by atoms with van der Waals surface area (Å²) in [6.07, 6.45) is 3.37. The summed E-state index contributed by atoms with van der Waals surface area (Å²) in [5.74, 6) is 2.68. The number of nitrogens with zero attached hydrogens (tertiary/aromatic N) is 2. The van der Waals surface area contributed by atoms with Crippen LogP contribution in [0.1, 0.15) is 41.9 Å². The van der Waals surface area contributed by atoms with Crippen LogP contribution in [-0.2, 0) is 6.54 Å². The fourth-order valence-corrected chi connectivity index (χ4v) is 5.02. The predicted octanol–water partition coefficient (Wildman–Crippen LogP) is 3.75. The van der Waals surface area contributed by atoms with Gasteiger partial charge in [0.1, 0.15) is 11.5 Å². The molecule has 0 aromatic heterocycles. The summed E-state index contributed by atoms with van der Waals surface area (Å²) < 4.78 is 11.4. The van der Waals surface area contributed by atoms with Crippen molar-refractivity contribution < 1.29 is 14.6 Å². The Hall–Kier alpha value is -2.08. The van der Waals surface area contributed by atoms with Gasteiger partial charge in [0.05, 0.1) is 13.7 Å². The van der Waals surface area contributed by atoms with Crippen LogP contribution in [0.25, 0.3) is 0 Å². The number of methoxy groups -OCH3 is 1. The molecule has 0 radical (unpaired) electrons. The third-order valence-electron chi connectivity index (χ3n) is 6.69. The van der Waals surface area contributed by atoms with Gasteiger partial charge in [-0.3, -0.25) is 0 Å². The predicted molar refractivity (Wildman–Crippen MR) is 124 cm³/mol. The summed E-state index contributed by atoms with van der Waals surface area (Å²) in [5, 5.41) is 9.40. The minimum absolute atomic E-state index is 0.314. The van der Waals surface area contributed by atoms with Crippen LogP contribution in [0, 0.1) is 5.92 Å². The molecule has 4 rings (SSSR count). The van der Waals surface area contributed by atoms with Crippen LogP contribution in [0.5, 0.6) is 11.5 Å². The van der Waals surface area contributed by atoms with Gasteiger partial charge in [-0.15, -0.1) is 0 Å². The Labute approximate surface area is 186 Å². The second-order valence-electron chi connectivity index (χ2n) is 9.08. The van der Waals surface area contributed by atoms with Crippen molar-refractivity contribution in [1.29, 1.82) is 0 Å². The molecule has 2 atom stereocenters. The van der Waals surface area contributed by atoms with Gasteiger partial charge in [0.15, 0.2) is 0 Å². The lowest BCUT2D eigenvalue weighted by atomic mass is 9.84. The number of rotatable bonds is 8. The summed E-state index contributed by atoms with van der Waals surface area (Å²) in [7, 11) is 3.89. The fourth-order valence-electron chi connectivity index (χ4n) is 5.02. The third-order valence-corrected chi connectivity index (χ3v) is 6.69.